The van der Waals surface area contributed by atoms with Crippen LogP contribution in [0.3, 0.4) is 0 Å². The van der Waals surface area contributed by atoms with Crippen LogP contribution >= 0.6 is 0 Å². The summed E-state index contributed by atoms with van der Waals surface area (Å²) in [6.07, 6.45) is 0.901. The Balaban J connectivity index is 0.00000169. The number of phenolic OH excluding ortho intramolecular Hbond substituents is 1. The maximum absolute atomic E-state index is 9.52. The van der Waals surface area contributed by atoms with E-state index in [-0.39, 0.29) is 5.48 Å². The van der Waals surface area contributed by atoms with Crippen LogP contribution in [-0.2, 0) is 11.2 Å². The number of aromatic hydroxyl groups is 1. The first-order valence-corrected chi connectivity index (χ1v) is 4.43. The summed E-state index contributed by atoms with van der Waals surface area (Å²) in [5, 5.41) is 9.52. The van der Waals surface area contributed by atoms with Crippen LogP contribution in [0.1, 0.15) is 16.7 Å². The van der Waals surface area contributed by atoms with Gasteiger partial charge in [-0.15, -0.1) is 0 Å². The van der Waals surface area contributed by atoms with Crippen molar-refractivity contribution in [1.29, 1.82) is 0 Å². The van der Waals surface area contributed by atoms with Crippen LogP contribution in [0.5, 0.6) is 5.75 Å². The summed E-state index contributed by atoms with van der Waals surface area (Å²) in [5.74, 6) is 0.404. The summed E-state index contributed by atoms with van der Waals surface area (Å²) in [4.78, 5) is 0. The van der Waals surface area contributed by atoms with Crippen molar-refractivity contribution in [3.63, 3.8) is 0 Å². The maximum Gasteiger partial charge on any atom is 0.121 e. The number of phenols is 1. The van der Waals surface area contributed by atoms with Gasteiger partial charge >= 0.3 is 0 Å². The molecule has 0 aliphatic carbocycles. The standard InChI is InChI=1S/C11H16O2.H2O/c1-8-6-10(4-5-13-3)7-9(2)11(8)12;/h6-7,12H,4-5H2,1-3H3;1H2. The maximum atomic E-state index is 9.52. The van der Waals surface area contributed by atoms with E-state index < -0.39 is 0 Å². The monoisotopic (exact) mass is 198 g/mol. The normalized spacial score (nSPS) is 9.64. The third-order valence-electron chi connectivity index (χ3n) is 2.15. The van der Waals surface area contributed by atoms with E-state index in [1.807, 2.05) is 26.0 Å². The van der Waals surface area contributed by atoms with E-state index >= 15 is 0 Å². The van der Waals surface area contributed by atoms with Gasteiger partial charge < -0.3 is 15.3 Å². The second-order valence-corrected chi connectivity index (χ2v) is 3.32. The third-order valence-corrected chi connectivity index (χ3v) is 2.15. The van der Waals surface area contributed by atoms with Gasteiger partial charge in [-0.25, -0.2) is 0 Å². The molecule has 0 saturated heterocycles. The number of hydrogen-bond acceptors (Lipinski definition) is 2. The molecule has 3 nitrogen and oxygen atoms in total. The van der Waals surface area contributed by atoms with Gasteiger partial charge in [0.15, 0.2) is 0 Å². The number of benzene rings is 1. The topological polar surface area (TPSA) is 61.0 Å². The fourth-order valence-corrected chi connectivity index (χ4v) is 1.41. The quantitative estimate of drug-likeness (QED) is 0.797. The summed E-state index contributed by atoms with van der Waals surface area (Å²) in [7, 11) is 1.69. The fourth-order valence-electron chi connectivity index (χ4n) is 1.41. The molecule has 0 aromatic heterocycles. The molecule has 0 aliphatic heterocycles. The number of aryl methyl sites for hydroxylation is 2. The Labute approximate surface area is 84.6 Å². The highest BCUT2D eigenvalue weighted by Crippen LogP contribution is 2.22. The highest BCUT2D eigenvalue weighted by molar-refractivity contribution is 5.42. The van der Waals surface area contributed by atoms with Crippen molar-refractivity contribution in [2.45, 2.75) is 20.3 Å². The van der Waals surface area contributed by atoms with Crippen molar-refractivity contribution >= 4 is 0 Å². The lowest BCUT2D eigenvalue weighted by Crippen LogP contribution is -1.95. The Morgan fingerprint density at radius 1 is 1.21 bits per heavy atom. The molecule has 80 valence electrons. The second kappa shape index (κ2) is 5.62. The predicted molar refractivity (Wildman–Crippen MR) is 56.8 cm³/mol. The molecule has 14 heavy (non-hydrogen) atoms. The number of rotatable bonds is 3. The first kappa shape index (κ1) is 12.9. The summed E-state index contributed by atoms with van der Waals surface area (Å²) >= 11 is 0. The molecule has 1 rings (SSSR count). The van der Waals surface area contributed by atoms with Crippen LogP contribution in [0.15, 0.2) is 12.1 Å². The van der Waals surface area contributed by atoms with Crippen molar-refractivity contribution < 1.29 is 15.3 Å². The van der Waals surface area contributed by atoms with Crippen molar-refractivity contribution in [2.24, 2.45) is 0 Å². The minimum Gasteiger partial charge on any atom is -0.507 e. The fraction of sp³-hybridized carbons (Fsp3) is 0.455. The largest absolute Gasteiger partial charge is 0.507 e. The van der Waals surface area contributed by atoms with Gasteiger partial charge in [-0.2, -0.15) is 0 Å². The van der Waals surface area contributed by atoms with Crippen LogP contribution in [0.25, 0.3) is 0 Å². The van der Waals surface area contributed by atoms with Gasteiger partial charge in [0, 0.05) is 7.11 Å². The highest BCUT2D eigenvalue weighted by atomic mass is 16.5. The van der Waals surface area contributed by atoms with E-state index in [0.29, 0.717) is 5.75 Å². The molecule has 1 aromatic carbocycles. The minimum absolute atomic E-state index is 0. The van der Waals surface area contributed by atoms with Crippen LogP contribution < -0.4 is 0 Å². The van der Waals surface area contributed by atoms with Crippen LogP contribution in [0.2, 0.25) is 0 Å². The molecule has 0 unspecified atom stereocenters. The molecule has 0 heterocycles. The van der Waals surface area contributed by atoms with Crippen LogP contribution in [0, 0.1) is 13.8 Å². The molecule has 0 atom stereocenters. The lowest BCUT2D eigenvalue weighted by Gasteiger charge is -2.07. The van der Waals surface area contributed by atoms with Crippen LogP contribution in [-0.4, -0.2) is 24.3 Å². The lowest BCUT2D eigenvalue weighted by molar-refractivity contribution is 0.202. The molecule has 0 fully saturated rings. The first-order chi connectivity index (χ1) is 6.15. The van der Waals surface area contributed by atoms with E-state index in [1.54, 1.807) is 7.11 Å². The van der Waals surface area contributed by atoms with Gasteiger partial charge in [0.2, 0.25) is 0 Å². The van der Waals surface area contributed by atoms with Crippen LogP contribution in [0.4, 0.5) is 0 Å². The molecule has 0 aliphatic rings. The Bertz CT molecular complexity index is 272. The van der Waals surface area contributed by atoms with E-state index in [1.165, 1.54) is 5.56 Å². The second-order valence-electron chi connectivity index (χ2n) is 3.32. The van der Waals surface area contributed by atoms with Gasteiger partial charge in [0.25, 0.3) is 0 Å². The van der Waals surface area contributed by atoms with Crippen molar-refractivity contribution in [3.05, 3.63) is 28.8 Å². The molecule has 0 amide bonds. The van der Waals surface area contributed by atoms with Gasteiger partial charge in [-0.05, 0) is 37.0 Å². The average Bonchev–Trinajstić information content (AvgIpc) is 2.10. The third kappa shape index (κ3) is 3.01. The van der Waals surface area contributed by atoms with Crippen molar-refractivity contribution in [1.82, 2.24) is 0 Å². The molecular weight excluding hydrogens is 180 g/mol. The Hall–Kier alpha value is -1.06. The predicted octanol–water partition coefficient (Wildman–Crippen LogP) is 1.37. The van der Waals surface area contributed by atoms with Crippen molar-refractivity contribution in [2.75, 3.05) is 13.7 Å². The number of methoxy groups -OCH3 is 1. The number of hydrogen-bond donors (Lipinski definition) is 1. The smallest absolute Gasteiger partial charge is 0.121 e. The average molecular weight is 198 g/mol. The molecule has 3 N–H and O–H groups in total. The van der Waals surface area contributed by atoms with Gasteiger partial charge in [0.05, 0.1) is 6.61 Å². The zero-order valence-corrected chi connectivity index (χ0v) is 8.92. The summed E-state index contributed by atoms with van der Waals surface area (Å²) in [6.45, 7) is 4.56. The van der Waals surface area contributed by atoms with Gasteiger partial charge in [-0.1, -0.05) is 12.1 Å². The number of ether oxygens (including phenoxy) is 1. The van der Waals surface area contributed by atoms with Gasteiger partial charge in [-0.3, -0.25) is 0 Å². The summed E-state index contributed by atoms with van der Waals surface area (Å²) in [5.41, 5.74) is 3.09. The van der Waals surface area contributed by atoms with E-state index in [4.69, 9.17) is 4.74 Å². The molecular formula is C11H18O3. The molecule has 3 heteroatoms. The summed E-state index contributed by atoms with van der Waals surface area (Å²) < 4.78 is 4.99. The van der Waals surface area contributed by atoms with E-state index in [0.717, 1.165) is 24.2 Å². The molecule has 0 saturated carbocycles. The first-order valence-electron chi connectivity index (χ1n) is 4.43. The SMILES string of the molecule is COCCc1cc(C)c(O)c(C)c1.O. The van der Waals surface area contributed by atoms with E-state index in [2.05, 4.69) is 0 Å². The minimum atomic E-state index is 0. The molecule has 0 bridgehead atoms. The molecule has 1 aromatic rings. The Kier molecular flexibility index (Phi) is 5.20. The highest BCUT2D eigenvalue weighted by Gasteiger charge is 2.02. The zero-order chi connectivity index (χ0) is 9.84. The molecule has 0 spiro atoms. The molecule has 0 radical (unpaired) electrons. The lowest BCUT2D eigenvalue weighted by atomic mass is 10.0. The van der Waals surface area contributed by atoms with Gasteiger partial charge in [0.1, 0.15) is 5.75 Å². The van der Waals surface area contributed by atoms with Crippen molar-refractivity contribution in [3.8, 4) is 5.75 Å². The Morgan fingerprint density at radius 3 is 2.14 bits per heavy atom. The van der Waals surface area contributed by atoms with E-state index in [9.17, 15) is 5.11 Å². The summed E-state index contributed by atoms with van der Waals surface area (Å²) in [6, 6.07) is 4.00. The Morgan fingerprint density at radius 2 is 1.71 bits per heavy atom. The zero-order valence-electron chi connectivity index (χ0n) is 8.92.